The fourth-order valence-corrected chi connectivity index (χ4v) is 2.77. The summed E-state index contributed by atoms with van der Waals surface area (Å²) >= 11 is 0. The molecule has 21 heavy (non-hydrogen) atoms. The second kappa shape index (κ2) is 7.07. The lowest BCUT2D eigenvalue weighted by Gasteiger charge is -2.36. The molecule has 1 aliphatic heterocycles. The van der Waals surface area contributed by atoms with E-state index in [-0.39, 0.29) is 5.91 Å². The zero-order chi connectivity index (χ0) is 15.4. The van der Waals surface area contributed by atoms with Gasteiger partial charge in [-0.1, -0.05) is 25.4 Å². The van der Waals surface area contributed by atoms with E-state index in [1.165, 1.54) is 6.42 Å². The molecule has 5 heteroatoms. The van der Waals surface area contributed by atoms with Crippen molar-refractivity contribution in [3.8, 4) is 0 Å². The standard InChI is InChI=1S/C16H27N3O2/c1-5-12(2)11-18-6-8-19(9-7-18)16(20)10-15-13(3)17-21-14(15)4/h12H,5-11H2,1-4H3/t12-/m1/s1. The summed E-state index contributed by atoms with van der Waals surface area (Å²) in [6.45, 7) is 13.0. The van der Waals surface area contributed by atoms with E-state index in [9.17, 15) is 4.79 Å². The topological polar surface area (TPSA) is 49.6 Å². The molecule has 1 aliphatic rings. The first-order chi connectivity index (χ1) is 10.0. The van der Waals surface area contributed by atoms with Gasteiger partial charge in [-0.3, -0.25) is 9.69 Å². The Hall–Kier alpha value is -1.36. The monoisotopic (exact) mass is 293 g/mol. The molecule has 1 aromatic heterocycles. The van der Waals surface area contributed by atoms with Gasteiger partial charge in [0.25, 0.3) is 0 Å². The fourth-order valence-electron chi connectivity index (χ4n) is 2.77. The van der Waals surface area contributed by atoms with E-state index in [0.717, 1.165) is 55.7 Å². The number of piperazine rings is 1. The SMILES string of the molecule is CC[C@@H](C)CN1CCN(C(=O)Cc2c(C)noc2C)CC1. The van der Waals surface area contributed by atoms with E-state index in [0.29, 0.717) is 6.42 Å². The number of nitrogens with zero attached hydrogens (tertiary/aromatic N) is 3. The zero-order valence-corrected chi connectivity index (χ0v) is 13.7. The van der Waals surface area contributed by atoms with Crippen LogP contribution in [0.4, 0.5) is 0 Å². The predicted molar refractivity (Wildman–Crippen MR) is 82.2 cm³/mol. The van der Waals surface area contributed by atoms with Crippen molar-refractivity contribution in [3.05, 3.63) is 17.0 Å². The first kappa shape index (κ1) is 16.0. The van der Waals surface area contributed by atoms with E-state index in [4.69, 9.17) is 4.52 Å². The molecule has 0 N–H and O–H groups in total. The number of hydrogen-bond acceptors (Lipinski definition) is 4. The van der Waals surface area contributed by atoms with Crippen LogP contribution in [0.3, 0.4) is 0 Å². The van der Waals surface area contributed by atoms with Crippen molar-refractivity contribution in [1.29, 1.82) is 0 Å². The molecule has 118 valence electrons. The smallest absolute Gasteiger partial charge is 0.227 e. The van der Waals surface area contributed by atoms with E-state index in [1.54, 1.807) is 0 Å². The number of carbonyl (C=O) groups excluding carboxylic acids is 1. The molecule has 0 radical (unpaired) electrons. The third-order valence-electron chi connectivity index (χ3n) is 4.50. The highest BCUT2D eigenvalue weighted by Crippen LogP contribution is 2.15. The number of rotatable bonds is 5. The van der Waals surface area contributed by atoms with Gasteiger partial charge in [0, 0.05) is 38.3 Å². The number of hydrogen-bond donors (Lipinski definition) is 0. The first-order valence-corrected chi connectivity index (χ1v) is 7.93. The molecule has 1 atom stereocenters. The van der Waals surface area contributed by atoms with Crippen LogP contribution < -0.4 is 0 Å². The average molecular weight is 293 g/mol. The van der Waals surface area contributed by atoms with Gasteiger partial charge in [-0.05, 0) is 19.8 Å². The lowest BCUT2D eigenvalue weighted by molar-refractivity contribution is -0.132. The zero-order valence-electron chi connectivity index (χ0n) is 13.7. The van der Waals surface area contributed by atoms with Gasteiger partial charge in [0.2, 0.25) is 5.91 Å². The molecule has 1 amide bonds. The van der Waals surface area contributed by atoms with E-state index >= 15 is 0 Å². The number of aromatic nitrogens is 1. The summed E-state index contributed by atoms with van der Waals surface area (Å²) in [5.74, 6) is 1.68. The van der Waals surface area contributed by atoms with Gasteiger partial charge in [0.05, 0.1) is 12.1 Å². The molecule has 0 spiro atoms. The maximum atomic E-state index is 12.4. The highest BCUT2D eigenvalue weighted by molar-refractivity contribution is 5.79. The van der Waals surface area contributed by atoms with Gasteiger partial charge in [0.15, 0.2) is 0 Å². The lowest BCUT2D eigenvalue weighted by atomic mass is 10.1. The van der Waals surface area contributed by atoms with Crippen molar-refractivity contribution >= 4 is 5.91 Å². The van der Waals surface area contributed by atoms with E-state index in [2.05, 4.69) is 23.9 Å². The largest absolute Gasteiger partial charge is 0.361 e. The van der Waals surface area contributed by atoms with Crippen molar-refractivity contribution in [3.63, 3.8) is 0 Å². The maximum Gasteiger partial charge on any atom is 0.227 e. The fraction of sp³-hybridized carbons (Fsp3) is 0.750. The van der Waals surface area contributed by atoms with Crippen molar-refractivity contribution in [2.75, 3.05) is 32.7 Å². The molecule has 1 fully saturated rings. The molecule has 5 nitrogen and oxygen atoms in total. The van der Waals surface area contributed by atoms with Crippen molar-refractivity contribution in [2.24, 2.45) is 5.92 Å². The van der Waals surface area contributed by atoms with Crippen molar-refractivity contribution in [1.82, 2.24) is 15.0 Å². The number of carbonyl (C=O) groups is 1. The predicted octanol–water partition coefficient (Wildman–Crippen LogP) is 2.02. The minimum atomic E-state index is 0.188. The summed E-state index contributed by atoms with van der Waals surface area (Å²) < 4.78 is 5.13. The summed E-state index contributed by atoms with van der Waals surface area (Å²) in [7, 11) is 0. The third-order valence-corrected chi connectivity index (χ3v) is 4.50. The second-order valence-corrected chi connectivity index (χ2v) is 6.17. The minimum absolute atomic E-state index is 0.188. The van der Waals surface area contributed by atoms with Crippen LogP contribution >= 0.6 is 0 Å². The molecular formula is C16H27N3O2. The Bertz CT molecular complexity index is 456. The third kappa shape index (κ3) is 4.06. The van der Waals surface area contributed by atoms with Gasteiger partial charge < -0.3 is 9.42 Å². The molecule has 1 aromatic rings. The maximum absolute atomic E-state index is 12.4. The molecule has 1 saturated heterocycles. The quantitative estimate of drug-likeness (QED) is 0.833. The van der Waals surface area contributed by atoms with E-state index < -0.39 is 0 Å². The Morgan fingerprint density at radius 2 is 1.95 bits per heavy atom. The van der Waals surface area contributed by atoms with Gasteiger partial charge in [-0.2, -0.15) is 0 Å². The van der Waals surface area contributed by atoms with Gasteiger partial charge in [-0.25, -0.2) is 0 Å². The highest BCUT2D eigenvalue weighted by Gasteiger charge is 2.23. The molecule has 0 unspecified atom stereocenters. The Morgan fingerprint density at radius 1 is 1.29 bits per heavy atom. The van der Waals surface area contributed by atoms with Crippen molar-refractivity contribution in [2.45, 2.75) is 40.5 Å². The highest BCUT2D eigenvalue weighted by atomic mass is 16.5. The van der Waals surface area contributed by atoms with Crippen LogP contribution in [-0.2, 0) is 11.2 Å². The Morgan fingerprint density at radius 3 is 2.48 bits per heavy atom. The molecule has 0 bridgehead atoms. The molecular weight excluding hydrogens is 266 g/mol. The number of aryl methyl sites for hydroxylation is 2. The molecule has 0 aromatic carbocycles. The molecule has 0 saturated carbocycles. The Labute approximate surface area is 127 Å². The molecule has 2 heterocycles. The van der Waals surface area contributed by atoms with Crippen LogP contribution in [0.5, 0.6) is 0 Å². The Kier molecular flexibility index (Phi) is 5.39. The van der Waals surface area contributed by atoms with Crippen molar-refractivity contribution < 1.29 is 9.32 Å². The van der Waals surface area contributed by atoms with Gasteiger partial charge in [-0.15, -0.1) is 0 Å². The molecule has 0 aliphatic carbocycles. The van der Waals surface area contributed by atoms with Crippen LogP contribution in [0.15, 0.2) is 4.52 Å². The summed E-state index contributed by atoms with van der Waals surface area (Å²) in [5.41, 5.74) is 1.78. The van der Waals surface area contributed by atoms with Crippen LogP contribution in [0.25, 0.3) is 0 Å². The summed E-state index contributed by atoms with van der Waals surface area (Å²) in [6, 6.07) is 0. The van der Waals surface area contributed by atoms with Gasteiger partial charge in [0.1, 0.15) is 5.76 Å². The number of amides is 1. The summed E-state index contributed by atoms with van der Waals surface area (Å²) in [4.78, 5) is 16.8. The lowest BCUT2D eigenvalue weighted by Crippen LogP contribution is -2.50. The van der Waals surface area contributed by atoms with Crippen LogP contribution in [-0.4, -0.2) is 53.6 Å². The summed E-state index contributed by atoms with van der Waals surface area (Å²) in [6.07, 6.45) is 1.62. The van der Waals surface area contributed by atoms with Crippen LogP contribution in [0, 0.1) is 19.8 Å². The minimum Gasteiger partial charge on any atom is -0.361 e. The molecule has 2 rings (SSSR count). The normalized spacial score (nSPS) is 18.0. The summed E-state index contributed by atoms with van der Waals surface area (Å²) in [5, 5.41) is 3.91. The average Bonchev–Trinajstić information content (AvgIpc) is 2.79. The van der Waals surface area contributed by atoms with Gasteiger partial charge >= 0.3 is 0 Å². The first-order valence-electron chi connectivity index (χ1n) is 7.93. The second-order valence-electron chi connectivity index (χ2n) is 6.17. The Balaban J connectivity index is 1.83. The van der Waals surface area contributed by atoms with E-state index in [1.807, 2.05) is 18.7 Å². The van der Waals surface area contributed by atoms with Crippen LogP contribution in [0.2, 0.25) is 0 Å². The van der Waals surface area contributed by atoms with Crippen LogP contribution in [0.1, 0.15) is 37.3 Å².